The SMILES string of the molecule is CCC1(C(=O)O)CCN(C2CCCN(C(C)C)CC2)C1. The smallest absolute Gasteiger partial charge is 0.310 e. The second kappa shape index (κ2) is 6.44. The molecule has 2 saturated heterocycles. The van der Waals surface area contributed by atoms with E-state index < -0.39 is 11.4 Å². The fourth-order valence-electron chi connectivity index (χ4n) is 3.81. The van der Waals surface area contributed by atoms with E-state index in [9.17, 15) is 9.90 Å². The third-order valence-corrected chi connectivity index (χ3v) is 5.49. The van der Waals surface area contributed by atoms with E-state index in [1.165, 1.54) is 25.8 Å². The molecule has 4 heteroatoms. The maximum atomic E-state index is 11.6. The van der Waals surface area contributed by atoms with Gasteiger partial charge in [-0.25, -0.2) is 0 Å². The Balaban J connectivity index is 1.95. The molecule has 4 nitrogen and oxygen atoms in total. The Morgan fingerprint density at radius 3 is 2.60 bits per heavy atom. The zero-order valence-corrected chi connectivity index (χ0v) is 13.3. The molecule has 2 aliphatic rings. The van der Waals surface area contributed by atoms with Crippen LogP contribution in [0.1, 0.15) is 52.9 Å². The van der Waals surface area contributed by atoms with E-state index in [2.05, 4.69) is 23.6 Å². The van der Waals surface area contributed by atoms with Gasteiger partial charge in [-0.1, -0.05) is 6.92 Å². The van der Waals surface area contributed by atoms with Crippen molar-refractivity contribution in [1.29, 1.82) is 0 Å². The molecule has 20 heavy (non-hydrogen) atoms. The molecule has 0 radical (unpaired) electrons. The first kappa shape index (κ1) is 15.8. The van der Waals surface area contributed by atoms with E-state index in [1.807, 2.05) is 6.92 Å². The maximum Gasteiger partial charge on any atom is 0.310 e. The van der Waals surface area contributed by atoms with Crippen LogP contribution in [0.2, 0.25) is 0 Å². The summed E-state index contributed by atoms with van der Waals surface area (Å²) < 4.78 is 0. The molecule has 2 heterocycles. The monoisotopic (exact) mass is 282 g/mol. The summed E-state index contributed by atoms with van der Waals surface area (Å²) in [4.78, 5) is 16.6. The number of rotatable bonds is 4. The molecule has 0 aliphatic carbocycles. The van der Waals surface area contributed by atoms with Gasteiger partial charge in [-0.15, -0.1) is 0 Å². The lowest BCUT2D eigenvalue weighted by atomic mass is 9.84. The van der Waals surface area contributed by atoms with Gasteiger partial charge in [0, 0.05) is 18.6 Å². The van der Waals surface area contributed by atoms with Gasteiger partial charge in [-0.3, -0.25) is 9.69 Å². The van der Waals surface area contributed by atoms with Gasteiger partial charge in [0.1, 0.15) is 0 Å². The maximum absolute atomic E-state index is 11.6. The summed E-state index contributed by atoms with van der Waals surface area (Å²) in [6.45, 7) is 10.6. The first-order valence-electron chi connectivity index (χ1n) is 8.20. The van der Waals surface area contributed by atoms with Crippen molar-refractivity contribution in [3.05, 3.63) is 0 Å². The van der Waals surface area contributed by atoms with Crippen molar-refractivity contribution in [3.8, 4) is 0 Å². The molecule has 1 N–H and O–H groups in total. The standard InChI is InChI=1S/C16H30N2O2/c1-4-16(15(19)20)8-11-18(12-16)14-6-5-9-17(10-7-14)13(2)3/h13-14H,4-12H2,1-3H3,(H,19,20). The van der Waals surface area contributed by atoms with Gasteiger partial charge in [0.05, 0.1) is 5.41 Å². The number of likely N-dealkylation sites (tertiary alicyclic amines) is 2. The normalized spacial score (nSPS) is 33.5. The second-order valence-corrected chi connectivity index (χ2v) is 6.87. The predicted molar refractivity (Wildman–Crippen MR) is 80.9 cm³/mol. The van der Waals surface area contributed by atoms with Crippen molar-refractivity contribution >= 4 is 5.97 Å². The van der Waals surface area contributed by atoms with E-state index in [0.29, 0.717) is 12.1 Å². The zero-order chi connectivity index (χ0) is 14.8. The van der Waals surface area contributed by atoms with Gasteiger partial charge in [-0.2, -0.15) is 0 Å². The van der Waals surface area contributed by atoms with Crippen LogP contribution in [0.5, 0.6) is 0 Å². The quantitative estimate of drug-likeness (QED) is 0.860. The minimum absolute atomic E-state index is 0.482. The Labute approximate surface area is 123 Å². The zero-order valence-electron chi connectivity index (χ0n) is 13.3. The summed E-state index contributed by atoms with van der Waals surface area (Å²) in [6.07, 6.45) is 5.23. The number of carbonyl (C=O) groups is 1. The summed E-state index contributed by atoms with van der Waals surface area (Å²) in [5.41, 5.74) is -0.482. The lowest BCUT2D eigenvalue weighted by Crippen LogP contribution is -2.39. The van der Waals surface area contributed by atoms with Crippen molar-refractivity contribution in [2.75, 3.05) is 26.2 Å². The fraction of sp³-hybridized carbons (Fsp3) is 0.938. The van der Waals surface area contributed by atoms with Crippen LogP contribution < -0.4 is 0 Å². The van der Waals surface area contributed by atoms with Crippen LogP contribution in [0, 0.1) is 5.41 Å². The van der Waals surface area contributed by atoms with Crippen molar-refractivity contribution in [1.82, 2.24) is 9.80 Å². The van der Waals surface area contributed by atoms with E-state index in [1.54, 1.807) is 0 Å². The van der Waals surface area contributed by atoms with Crippen molar-refractivity contribution in [2.45, 2.75) is 65.0 Å². The lowest BCUT2D eigenvalue weighted by molar-refractivity contribution is -0.148. The molecule has 2 rings (SSSR count). The van der Waals surface area contributed by atoms with Crippen molar-refractivity contribution < 1.29 is 9.90 Å². The minimum Gasteiger partial charge on any atom is -0.481 e. The van der Waals surface area contributed by atoms with E-state index >= 15 is 0 Å². The molecular weight excluding hydrogens is 252 g/mol. The summed E-state index contributed by atoms with van der Waals surface area (Å²) in [6, 6.07) is 1.22. The van der Waals surface area contributed by atoms with Gasteiger partial charge >= 0.3 is 5.97 Å². The minimum atomic E-state index is -0.597. The van der Waals surface area contributed by atoms with Crippen LogP contribution in [0.3, 0.4) is 0 Å². The molecule has 0 spiro atoms. The number of nitrogens with zero attached hydrogens (tertiary/aromatic N) is 2. The average molecular weight is 282 g/mol. The molecule has 0 aromatic carbocycles. The van der Waals surface area contributed by atoms with Crippen LogP contribution in [-0.4, -0.2) is 59.1 Å². The van der Waals surface area contributed by atoms with Gasteiger partial charge in [0.2, 0.25) is 0 Å². The molecule has 0 bridgehead atoms. The summed E-state index contributed by atoms with van der Waals surface area (Å²) in [5, 5.41) is 9.52. The van der Waals surface area contributed by atoms with Crippen LogP contribution in [-0.2, 0) is 4.79 Å². The Bertz CT molecular complexity index is 345. The topological polar surface area (TPSA) is 43.8 Å². The van der Waals surface area contributed by atoms with Crippen LogP contribution >= 0.6 is 0 Å². The Kier molecular flexibility index (Phi) is 5.08. The number of carboxylic acids is 1. The highest BCUT2D eigenvalue weighted by atomic mass is 16.4. The number of aliphatic carboxylic acids is 1. The molecular formula is C16H30N2O2. The van der Waals surface area contributed by atoms with Gasteiger partial charge < -0.3 is 10.0 Å². The van der Waals surface area contributed by atoms with E-state index in [0.717, 1.165) is 32.5 Å². The Morgan fingerprint density at radius 1 is 1.30 bits per heavy atom. The predicted octanol–water partition coefficient (Wildman–Crippen LogP) is 2.44. The molecule has 0 amide bonds. The second-order valence-electron chi connectivity index (χ2n) is 6.87. The number of hydrogen-bond donors (Lipinski definition) is 1. The Morgan fingerprint density at radius 2 is 2.05 bits per heavy atom. The first-order valence-corrected chi connectivity index (χ1v) is 8.20. The number of carboxylic acid groups (broad SMARTS) is 1. The van der Waals surface area contributed by atoms with E-state index in [-0.39, 0.29) is 0 Å². The van der Waals surface area contributed by atoms with Crippen LogP contribution in [0.25, 0.3) is 0 Å². The molecule has 0 aromatic rings. The summed E-state index contributed by atoms with van der Waals surface area (Å²) in [5.74, 6) is -0.597. The molecule has 0 saturated carbocycles. The van der Waals surface area contributed by atoms with Gasteiger partial charge in [0.15, 0.2) is 0 Å². The summed E-state index contributed by atoms with van der Waals surface area (Å²) in [7, 11) is 0. The molecule has 2 aliphatic heterocycles. The van der Waals surface area contributed by atoms with Crippen molar-refractivity contribution in [3.63, 3.8) is 0 Å². The molecule has 0 aromatic heterocycles. The van der Waals surface area contributed by atoms with Crippen molar-refractivity contribution in [2.24, 2.45) is 5.41 Å². The highest BCUT2D eigenvalue weighted by molar-refractivity contribution is 5.75. The van der Waals surface area contributed by atoms with Gasteiger partial charge in [-0.05, 0) is 65.6 Å². The van der Waals surface area contributed by atoms with Gasteiger partial charge in [0.25, 0.3) is 0 Å². The third-order valence-electron chi connectivity index (χ3n) is 5.49. The largest absolute Gasteiger partial charge is 0.481 e. The number of hydrogen-bond acceptors (Lipinski definition) is 3. The lowest BCUT2D eigenvalue weighted by Gasteiger charge is -2.29. The fourth-order valence-corrected chi connectivity index (χ4v) is 3.81. The van der Waals surface area contributed by atoms with Crippen LogP contribution in [0.15, 0.2) is 0 Å². The highest BCUT2D eigenvalue weighted by Crippen LogP contribution is 2.36. The molecule has 2 fully saturated rings. The molecule has 2 unspecified atom stereocenters. The first-order chi connectivity index (χ1) is 9.48. The van der Waals surface area contributed by atoms with Crippen LogP contribution in [0.4, 0.5) is 0 Å². The highest BCUT2D eigenvalue weighted by Gasteiger charge is 2.44. The van der Waals surface area contributed by atoms with E-state index in [4.69, 9.17) is 0 Å². The summed E-state index contributed by atoms with van der Waals surface area (Å²) >= 11 is 0. The third kappa shape index (κ3) is 3.17. The average Bonchev–Trinajstić information content (AvgIpc) is 2.70. The Hall–Kier alpha value is -0.610. The molecule has 116 valence electrons. The molecule has 2 atom stereocenters.